The Kier molecular flexibility index (Phi) is 13.3. The lowest BCUT2D eigenvalue weighted by Gasteiger charge is -2.30. The molecule has 57 heavy (non-hydrogen) atoms. The highest BCUT2D eigenvalue weighted by Crippen LogP contribution is 2.63. The number of likely N-dealkylation sites (tertiary alicyclic amines) is 1. The Labute approximate surface area is 343 Å². The van der Waals surface area contributed by atoms with E-state index in [0.29, 0.717) is 37.8 Å². The van der Waals surface area contributed by atoms with Gasteiger partial charge in [0.1, 0.15) is 34.7 Å². The average molecular weight is 828 g/mol. The SMILES string of the molecule is CC(C)(C)OC(=O)N1C[C@@]2(c3cc(F)ccc3F)C[C@H]2C1C(=O)CCc1ccccc1.Cl.Cl.O=C(CCc1ccccc1)C1NC[C@@]2(c3cc(F)ccc3F)C[C@@H]12. The van der Waals surface area contributed by atoms with Gasteiger partial charge in [0.25, 0.3) is 0 Å². The third-order valence-electron chi connectivity index (χ3n) is 11.7. The van der Waals surface area contributed by atoms with Crippen LogP contribution in [-0.4, -0.2) is 53.3 Å². The molecular weight excluding hydrogens is 779 g/mol. The van der Waals surface area contributed by atoms with Crippen LogP contribution in [0.4, 0.5) is 22.4 Å². The third kappa shape index (κ3) is 9.24. The highest BCUT2D eigenvalue weighted by atomic mass is 35.5. The van der Waals surface area contributed by atoms with Gasteiger partial charge in [-0.3, -0.25) is 14.5 Å². The van der Waals surface area contributed by atoms with Gasteiger partial charge in [0.15, 0.2) is 5.78 Å². The number of benzene rings is 4. The second kappa shape index (κ2) is 17.3. The van der Waals surface area contributed by atoms with E-state index in [1.807, 2.05) is 60.7 Å². The van der Waals surface area contributed by atoms with Gasteiger partial charge in [-0.05, 0) is 117 Å². The molecule has 6 nitrogen and oxygen atoms in total. The number of ketones is 2. The molecular formula is C45H48Cl2F4N2O4. The van der Waals surface area contributed by atoms with Crippen molar-refractivity contribution >= 4 is 42.5 Å². The van der Waals surface area contributed by atoms with Crippen LogP contribution in [0.3, 0.4) is 0 Å². The number of fused-ring (bicyclic) bond motifs is 2. The van der Waals surface area contributed by atoms with E-state index in [2.05, 4.69) is 5.32 Å². The summed E-state index contributed by atoms with van der Waals surface area (Å²) in [5.41, 5.74) is 0.967. The van der Waals surface area contributed by atoms with Crippen molar-refractivity contribution in [2.24, 2.45) is 11.8 Å². The minimum Gasteiger partial charge on any atom is -0.444 e. The summed E-state index contributed by atoms with van der Waals surface area (Å²) in [7, 11) is 0. The minimum atomic E-state index is -0.740. The number of piperidine rings is 2. The molecule has 6 atom stereocenters. The zero-order valence-electron chi connectivity index (χ0n) is 32.1. The Bertz CT molecular complexity index is 2080. The number of hydrogen-bond acceptors (Lipinski definition) is 5. The number of aryl methyl sites for hydroxylation is 2. The average Bonchev–Trinajstić information content (AvgIpc) is 4.00. The number of Topliss-reactive ketones (excluding diaryl/α,β-unsaturated/α-hetero) is 2. The minimum absolute atomic E-state index is 0. The number of nitrogens with one attached hydrogen (secondary N) is 1. The normalized spacial score (nSPS) is 25.1. The molecule has 304 valence electrons. The van der Waals surface area contributed by atoms with Gasteiger partial charge in [-0.25, -0.2) is 22.4 Å². The first-order chi connectivity index (χ1) is 26.2. The quantitative estimate of drug-likeness (QED) is 0.162. The fourth-order valence-corrected chi connectivity index (χ4v) is 8.88. The van der Waals surface area contributed by atoms with Crippen LogP contribution in [-0.2, 0) is 38.0 Å². The number of carbonyl (C=O) groups is 3. The Morgan fingerprint density at radius 1 is 0.702 bits per heavy atom. The standard InChI is InChI=1S/C25H27F2NO3.C20H19F2NO.2ClH/c1-24(2,3)31-23(30)28-15-25(18-13-17(26)10-11-20(18)27)14-19(25)22(28)21(29)12-9-16-7-5-4-6-8-16;21-14-7-8-17(22)15(10-14)20-11-16(20)19(23-12-20)18(24)9-6-13-4-2-1-3-5-13;;/h4-8,10-11,13,19,22H,9,12,14-15H2,1-3H3;1-5,7-8,10,16,19,23H,6,9,11-12H2;2*1H/t19-,22?,25+;16-,19?,20+;;/m00../s1. The first-order valence-corrected chi connectivity index (χ1v) is 19.0. The fourth-order valence-electron chi connectivity index (χ4n) is 8.88. The molecule has 0 radical (unpaired) electrons. The lowest BCUT2D eigenvalue weighted by Crippen LogP contribution is -2.46. The Balaban J connectivity index is 0.000000216. The van der Waals surface area contributed by atoms with Crippen molar-refractivity contribution in [2.75, 3.05) is 13.1 Å². The van der Waals surface area contributed by atoms with Crippen molar-refractivity contribution in [1.82, 2.24) is 10.2 Å². The molecule has 2 heterocycles. The number of rotatable bonds is 10. The molecule has 0 aromatic heterocycles. The first-order valence-electron chi connectivity index (χ1n) is 19.0. The summed E-state index contributed by atoms with van der Waals surface area (Å²) in [5.74, 6) is -1.90. The predicted octanol–water partition coefficient (Wildman–Crippen LogP) is 9.28. The Morgan fingerprint density at radius 2 is 1.19 bits per heavy atom. The first kappa shape index (κ1) is 43.9. The van der Waals surface area contributed by atoms with E-state index in [-0.39, 0.29) is 78.6 Å². The molecule has 8 rings (SSSR count). The van der Waals surface area contributed by atoms with Crippen LogP contribution in [0.5, 0.6) is 0 Å². The second-order valence-electron chi connectivity index (χ2n) is 16.5. The number of nitrogens with zero attached hydrogens (tertiary/aromatic N) is 1. The summed E-state index contributed by atoms with van der Waals surface area (Å²) in [6, 6.07) is 25.6. The fraction of sp³-hybridized carbons (Fsp3) is 0.400. The lowest BCUT2D eigenvalue weighted by molar-refractivity contribution is -0.124. The number of halogens is 6. The highest BCUT2D eigenvalue weighted by molar-refractivity contribution is 5.90. The van der Waals surface area contributed by atoms with Crippen LogP contribution < -0.4 is 5.32 Å². The number of amides is 1. The Hall–Kier alpha value is -4.25. The van der Waals surface area contributed by atoms with Crippen LogP contribution in [0.2, 0.25) is 0 Å². The van der Waals surface area contributed by atoms with Gasteiger partial charge < -0.3 is 10.1 Å². The molecule has 2 unspecified atom stereocenters. The third-order valence-corrected chi connectivity index (χ3v) is 11.7. The van der Waals surface area contributed by atoms with Gasteiger partial charge in [0.2, 0.25) is 0 Å². The summed E-state index contributed by atoms with van der Waals surface area (Å²) >= 11 is 0. The second-order valence-corrected chi connectivity index (χ2v) is 16.5. The van der Waals surface area contributed by atoms with Crippen molar-refractivity contribution in [2.45, 2.75) is 87.8 Å². The van der Waals surface area contributed by atoms with E-state index < -0.39 is 46.0 Å². The summed E-state index contributed by atoms with van der Waals surface area (Å²) in [6.45, 7) is 5.97. The van der Waals surface area contributed by atoms with Gasteiger partial charge in [0.05, 0.1) is 12.1 Å². The van der Waals surface area contributed by atoms with Gasteiger partial charge >= 0.3 is 6.09 Å². The van der Waals surface area contributed by atoms with E-state index in [9.17, 15) is 31.9 Å². The van der Waals surface area contributed by atoms with Crippen molar-refractivity contribution < 1.29 is 36.7 Å². The number of hydrogen-bond donors (Lipinski definition) is 1. The van der Waals surface area contributed by atoms with E-state index in [4.69, 9.17) is 4.74 Å². The van der Waals surface area contributed by atoms with Gasteiger partial charge in [0, 0.05) is 36.8 Å². The molecule has 1 amide bonds. The van der Waals surface area contributed by atoms with E-state index in [1.54, 1.807) is 20.8 Å². The molecule has 4 aromatic carbocycles. The zero-order chi connectivity index (χ0) is 39.1. The molecule has 4 aromatic rings. The summed E-state index contributed by atoms with van der Waals surface area (Å²) in [4.78, 5) is 40.1. The molecule has 4 aliphatic rings. The molecule has 2 saturated carbocycles. The molecule has 2 aliphatic heterocycles. The number of ether oxygens (including phenoxy) is 1. The predicted molar refractivity (Wildman–Crippen MR) is 215 cm³/mol. The topological polar surface area (TPSA) is 75.7 Å². The smallest absolute Gasteiger partial charge is 0.410 e. The van der Waals surface area contributed by atoms with Crippen LogP contribution in [0.1, 0.15) is 68.7 Å². The van der Waals surface area contributed by atoms with Crippen LogP contribution in [0, 0.1) is 35.1 Å². The highest BCUT2D eigenvalue weighted by Gasteiger charge is 2.69. The van der Waals surface area contributed by atoms with E-state index in [0.717, 1.165) is 35.7 Å². The van der Waals surface area contributed by atoms with Crippen molar-refractivity contribution in [3.8, 4) is 0 Å². The summed E-state index contributed by atoms with van der Waals surface area (Å²) in [6.07, 6.45) is 2.73. The molecule has 2 saturated heterocycles. The zero-order valence-corrected chi connectivity index (χ0v) is 33.7. The molecule has 0 bridgehead atoms. The van der Waals surface area contributed by atoms with Crippen LogP contribution in [0.15, 0.2) is 97.1 Å². The molecule has 2 aliphatic carbocycles. The van der Waals surface area contributed by atoms with Gasteiger partial charge in [-0.2, -0.15) is 0 Å². The van der Waals surface area contributed by atoms with E-state index >= 15 is 0 Å². The van der Waals surface area contributed by atoms with Crippen molar-refractivity contribution in [3.63, 3.8) is 0 Å². The van der Waals surface area contributed by atoms with Gasteiger partial charge in [-0.1, -0.05) is 60.7 Å². The summed E-state index contributed by atoms with van der Waals surface area (Å²) in [5, 5.41) is 3.24. The molecule has 0 spiro atoms. The van der Waals surface area contributed by atoms with Gasteiger partial charge in [-0.15, -0.1) is 24.8 Å². The molecule has 1 N–H and O–H groups in total. The molecule has 4 fully saturated rings. The van der Waals surface area contributed by atoms with Crippen LogP contribution in [0.25, 0.3) is 0 Å². The van der Waals surface area contributed by atoms with Crippen molar-refractivity contribution in [3.05, 3.63) is 143 Å². The number of carbonyl (C=O) groups excluding carboxylic acids is 3. The maximum atomic E-state index is 14.6. The van der Waals surface area contributed by atoms with Crippen molar-refractivity contribution in [1.29, 1.82) is 0 Å². The maximum absolute atomic E-state index is 14.6. The lowest BCUT2D eigenvalue weighted by atomic mass is 9.92. The monoisotopic (exact) mass is 826 g/mol. The largest absolute Gasteiger partial charge is 0.444 e. The maximum Gasteiger partial charge on any atom is 0.410 e. The Morgan fingerprint density at radius 3 is 1.70 bits per heavy atom. The molecule has 12 heteroatoms. The van der Waals surface area contributed by atoms with Crippen LogP contribution >= 0.6 is 24.8 Å². The summed E-state index contributed by atoms with van der Waals surface area (Å²) < 4.78 is 61.6. The van der Waals surface area contributed by atoms with E-state index in [1.165, 1.54) is 23.1 Å².